The van der Waals surface area contributed by atoms with Crippen LogP contribution in [0, 0.1) is 0 Å². The maximum absolute atomic E-state index is 3.28. The number of rotatable bonds is 4. The van der Waals surface area contributed by atoms with E-state index in [0.29, 0.717) is 0 Å². The summed E-state index contributed by atoms with van der Waals surface area (Å²) in [6.45, 7) is 7.73. The van der Waals surface area contributed by atoms with E-state index in [4.69, 9.17) is 0 Å². The average Bonchev–Trinajstić information content (AvgIpc) is 2.68. The highest BCUT2D eigenvalue weighted by Crippen LogP contribution is 2.11. The highest BCUT2D eigenvalue weighted by Gasteiger charge is 2.15. The van der Waals surface area contributed by atoms with Gasteiger partial charge in [-0.1, -0.05) is 30.3 Å². The Balaban J connectivity index is 1.90. The van der Waals surface area contributed by atoms with Crippen LogP contribution in [-0.4, -0.2) is 43.0 Å². The Morgan fingerprint density at radius 3 is 2.63 bits per heavy atom. The zero-order chi connectivity index (χ0) is 13.5. The smallest absolute Gasteiger partial charge is 0.0966 e. The molecule has 19 heavy (non-hydrogen) atoms. The van der Waals surface area contributed by atoms with Crippen molar-refractivity contribution < 1.29 is 0 Å². The van der Waals surface area contributed by atoms with E-state index in [0.717, 1.165) is 26.2 Å². The summed E-state index contributed by atoms with van der Waals surface area (Å²) in [6.07, 6.45) is 3.39. The van der Waals surface area contributed by atoms with Gasteiger partial charge in [-0.2, -0.15) is 0 Å². The minimum Gasteiger partial charge on any atom is -0.375 e. The molecule has 0 atom stereocenters. The lowest BCUT2D eigenvalue weighted by Gasteiger charge is -2.25. The second-order valence-corrected chi connectivity index (χ2v) is 5.03. The van der Waals surface area contributed by atoms with E-state index in [9.17, 15) is 0 Å². The molecule has 1 fully saturated rings. The first-order valence-corrected chi connectivity index (χ1v) is 7.19. The SMILES string of the molecule is C/C=C(\NC)N1CCCN(Cc2ccccc2)CC1. The normalized spacial score (nSPS) is 18.2. The molecule has 1 aliphatic rings. The lowest BCUT2D eigenvalue weighted by molar-refractivity contribution is 0.268. The lowest BCUT2D eigenvalue weighted by Crippen LogP contribution is -2.33. The molecule has 0 unspecified atom stereocenters. The van der Waals surface area contributed by atoms with Gasteiger partial charge in [-0.3, -0.25) is 4.90 Å². The number of benzene rings is 1. The first kappa shape index (κ1) is 13.9. The molecule has 1 aliphatic heterocycles. The Morgan fingerprint density at radius 1 is 1.16 bits per heavy atom. The molecule has 0 bridgehead atoms. The number of nitrogens with zero attached hydrogens (tertiary/aromatic N) is 2. The van der Waals surface area contributed by atoms with Gasteiger partial charge >= 0.3 is 0 Å². The molecule has 0 saturated carbocycles. The van der Waals surface area contributed by atoms with Crippen molar-refractivity contribution in [2.24, 2.45) is 0 Å². The first-order chi connectivity index (χ1) is 9.33. The molecular weight excluding hydrogens is 234 g/mol. The van der Waals surface area contributed by atoms with Gasteiger partial charge in [0.1, 0.15) is 0 Å². The van der Waals surface area contributed by atoms with Gasteiger partial charge in [-0.15, -0.1) is 0 Å². The molecule has 1 aromatic rings. The average molecular weight is 259 g/mol. The summed E-state index contributed by atoms with van der Waals surface area (Å²) < 4.78 is 0. The van der Waals surface area contributed by atoms with E-state index in [1.165, 1.54) is 24.4 Å². The number of hydrogen-bond acceptors (Lipinski definition) is 3. The molecule has 0 spiro atoms. The van der Waals surface area contributed by atoms with Crippen molar-refractivity contribution in [1.29, 1.82) is 0 Å². The molecule has 1 N–H and O–H groups in total. The third kappa shape index (κ3) is 4.00. The molecule has 104 valence electrons. The van der Waals surface area contributed by atoms with Crippen LogP contribution in [0.2, 0.25) is 0 Å². The van der Waals surface area contributed by atoms with Crippen LogP contribution in [0.1, 0.15) is 18.9 Å². The van der Waals surface area contributed by atoms with Gasteiger partial charge in [0.05, 0.1) is 5.82 Å². The third-order valence-corrected chi connectivity index (χ3v) is 3.71. The van der Waals surface area contributed by atoms with E-state index in [-0.39, 0.29) is 0 Å². The minimum absolute atomic E-state index is 1.07. The molecule has 3 nitrogen and oxygen atoms in total. The van der Waals surface area contributed by atoms with Crippen LogP contribution in [0.15, 0.2) is 42.2 Å². The second kappa shape index (κ2) is 7.19. The standard InChI is InChI=1S/C16H25N3/c1-3-16(17-2)19-11-7-10-18(12-13-19)14-15-8-5-4-6-9-15/h3-6,8-9,17H,7,10-14H2,1-2H3/b16-3+. The quantitative estimate of drug-likeness (QED) is 0.895. The molecule has 1 aromatic carbocycles. The van der Waals surface area contributed by atoms with Crippen LogP contribution in [0.5, 0.6) is 0 Å². The number of nitrogens with one attached hydrogen (secondary N) is 1. The largest absolute Gasteiger partial charge is 0.375 e. The molecular formula is C16H25N3. The Bertz CT molecular complexity index is 400. The fourth-order valence-corrected chi connectivity index (χ4v) is 2.70. The second-order valence-electron chi connectivity index (χ2n) is 5.03. The van der Waals surface area contributed by atoms with Crippen molar-refractivity contribution in [2.45, 2.75) is 19.9 Å². The lowest BCUT2D eigenvalue weighted by atomic mass is 10.2. The highest BCUT2D eigenvalue weighted by atomic mass is 15.3. The summed E-state index contributed by atoms with van der Waals surface area (Å²) in [6, 6.07) is 10.8. The first-order valence-electron chi connectivity index (χ1n) is 7.19. The Hall–Kier alpha value is -1.48. The molecule has 2 rings (SSSR count). The van der Waals surface area contributed by atoms with Crippen molar-refractivity contribution in [3.8, 4) is 0 Å². The highest BCUT2D eigenvalue weighted by molar-refractivity contribution is 5.14. The van der Waals surface area contributed by atoms with Crippen LogP contribution in [0.25, 0.3) is 0 Å². The maximum atomic E-state index is 3.28. The number of hydrogen-bond donors (Lipinski definition) is 1. The monoisotopic (exact) mass is 259 g/mol. The Kier molecular flexibility index (Phi) is 5.28. The number of allylic oxidation sites excluding steroid dienone is 1. The fourth-order valence-electron chi connectivity index (χ4n) is 2.70. The Morgan fingerprint density at radius 2 is 1.95 bits per heavy atom. The maximum Gasteiger partial charge on any atom is 0.0966 e. The summed E-state index contributed by atoms with van der Waals surface area (Å²) in [5.74, 6) is 1.25. The summed E-state index contributed by atoms with van der Waals surface area (Å²) in [5, 5.41) is 3.28. The van der Waals surface area contributed by atoms with E-state index in [1.54, 1.807) is 0 Å². The van der Waals surface area contributed by atoms with Gasteiger partial charge < -0.3 is 10.2 Å². The molecule has 0 aromatic heterocycles. The molecule has 1 heterocycles. The van der Waals surface area contributed by atoms with Crippen molar-refractivity contribution in [3.05, 3.63) is 47.8 Å². The zero-order valence-corrected chi connectivity index (χ0v) is 12.1. The molecule has 3 heteroatoms. The van der Waals surface area contributed by atoms with E-state index in [2.05, 4.69) is 58.4 Å². The van der Waals surface area contributed by atoms with Crippen molar-refractivity contribution in [3.63, 3.8) is 0 Å². The summed E-state index contributed by atoms with van der Waals surface area (Å²) in [4.78, 5) is 5.00. The molecule has 0 radical (unpaired) electrons. The van der Waals surface area contributed by atoms with Crippen molar-refractivity contribution in [2.75, 3.05) is 33.2 Å². The topological polar surface area (TPSA) is 18.5 Å². The summed E-state index contributed by atoms with van der Waals surface area (Å²) in [5.41, 5.74) is 1.41. The molecule has 1 saturated heterocycles. The molecule has 0 amide bonds. The van der Waals surface area contributed by atoms with Gasteiger partial charge in [0.15, 0.2) is 0 Å². The van der Waals surface area contributed by atoms with Gasteiger partial charge in [0.25, 0.3) is 0 Å². The van der Waals surface area contributed by atoms with Crippen LogP contribution >= 0.6 is 0 Å². The van der Waals surface area contributed by atoms with Crippen molar-refractivity contribution >= 4 is 0 Å². The minimum atomic E-state index is 1.07. The molecule has 0 aliphatic carbocycles. The van der Waals surface area contributed by atoms with E-state index in [1.807, 2.05) is 7.05 Å². The Labute approximate surface area is 116 Å². The third-order valence-electron chi connectivity index (χ3n) is 3.71. The van der Waals surface area contributed by atoms with E-state index < -0.39 is 0 Å². The van der Waals surface area contributed by atoms with Gasteiger partial charge in [0, 0.05) is 39.8 Å². The van der Waals surface area contributed by atoms with Crippen LogP contribution in [0.3, 0.4) is 0 Å². The van der Waals surface area contributed by atoms with Crippen LogP contribution in [0.4, 0.5) is 0 Å². The van der Waals surface area contributed by atoms with Gasteiger partial charge in [0.2, 0.25) is 0 Å². The summed E-state index contributed by atoms with van der Waals surface area (Å²) >= 11 is 0. The fraction of sp³-hybridized carbons (Fsp3) is 0.500. The van der Waals surface area contributed by atoms with E-state index >= 15 is 0 Å². The van der Waals surface area contributed by atoms with Crippen molar-refractivity contribution in [1.82, 2.24) is 15.1 Å². The van der Waals surface area contributed by atoms with Gasteiger partial charge in [-0.05, 0) is 25.0 Å². The van der Waals surface area contributed by atoms with Crippen LogP contribution < -0.4 is 5.32 Å². The predicted molar refractivity (Wildman–Crippen MR) is 80.7 cm³/mol. The zero-order valence-electron chi connectivity index (χ0n) is 12.1. The van der Waals surface area contributed by atoms with Gasteiger partial charge in [-0.25, -0.2) is 0 Å². The summed E-state index contributed by atoms with van der Waals surface area (Å²) in [7, 11) is 2.00. The van der Waals surface area contributed by atoms with Crippen LogP contribution in [-0.2, 0) is 6.54 Å². The predicted octanol–water partition coefficient (Wildman–Crippen LogP) is 2.28.